The van der Waals surface area contributed by atoms with Crippen LogP contribution >= 0.6 is 0 Å². The van der Waals surface area contributed by atoms with Crippen molar-refractivity contribution in [1.29, 1.82) is 0 Å². The van der Waals surface area contributed by atoms with E-state index in [1.807, 2.05) is 0 Å². The van der Waals surface area contributed by atoms with Gasteiger partial charge in [-0.25, -0.2) is 0 Å². The van der Waals surface area contributed by atoms with Crippen molar-refractivity contribution >= 4 is 5.91 Å². The molecule has 1 saturated carbocycles. The van der Waals surface area contributed by atoms with Crippen molar-refractivity contribution in [3.63, 3.8) is 0 Å². The van der Waals surface area contributed by atoms with Crippen molar-refractivity contribution in [2.45, 2.75) is 32.0 Å². The Balaban J connectivity index is 2.24. The summed E-state index contributed by atoms with van der Waals surface area (Å²) in [7, 11) is 0. The summed E-state index contributed by atoms with van der Waals surface area (Å²) in [6.45, 7) is 0.451. The Kier molecular flexibility index (Phi) is 3.43. The molecule has 104 valence electrons. The van der Waals surface area contributed by atoms with Crippen molar-refractivity contribution in [3.05, 3.63) is 29.3 Å². The highest BCUT2D eigenvalue weighted by molar-refractivity contribution is 5.97. The number of aromatic hydroxyl groups is 1. The number of amides is 1. The maximum absolute atomic E-state index is 12.5. The summed E-state index contributed by atoms with van der Waals surface area (Å²) in [6.07, 6.45) is -3.28. The van der Waals surface area contributed by atoms with Gasteiger partial charge in [-0.3, -0.25) is 4.79 Å². The van der Waals surface area contributed by atoms with E-state index in [1.165, 1.54) is 12.1 Å². The molecule has 2 rings (SSSR count). The lowest BCUT2D eigenvalue weighted by Gasteiger charge is -2.24. The maximum atomic E-state index is 12.5. The standard InChI is InChI=1S/C13H14F3NO2/c1-8-2-5-10(11(18)6-8)12(19)17(9-3-4-9)7-13(14,15)16/h2,5-6,9,18H,3-4,7H2,1H3. The van der Waals surface area contributed by atoms with Crippen molar-refractivity contribution < 1.29 is 23.1 Å². The second kappa shape index (κ2) is 4.75. The van der Waals surface area contributed by atoms with Crippen LogP contribution in [0, 0.1) is 6.92 Å². The number of alkyl halides is 3. The fraction of sp³-hybridized carbons (Fsp3) is 0.462. The van der Waals surface area contributed by atoms with Crippen LogP contribution in [0.3, 0.4) is 0 Å². The normalized spacial score (nSPS) is 15.4. The first-order chi connectivity index (χ1) is 8.78. The van der Waals surface area contributed by atoms with Crippen LogP contribution in [0.5, 0.6) is 5.75 Å². The third-order valence-corrected chi connectivity index (χ3v) is 2.98. The average Bonchev–Trinajstić information content (AvgIpc) is 3.07. The average molecular weight is 273 g/mol. The zero-order chi connectivity index (χ0) is 14.2. The van der Waals surface area contributed by atoms with Gasteiger partial charge < -0.3 is 10.0 Å². The summed E-state index contributed by atoms with van der Waals surface area (Å²) in [5.41, 5.74) is 0.657. The Morgan fingerprint density at radius 3 is 2.53 bits per heavy atom. The third-order valence-electron chi connectivity index (χ3n) is 2.98. The second-order valence-corrected chi connectivity index (χ2v) is 4.80. The molecule has 0 spiro atoms. The van der Waals surface area contributed by atoms with Crippen molar-refractivity contribution in [2.24, 2.45) is 0 Å². The quantitative estimate of drug-likeness (QED) is 0.920. The molecule has 1 aliphatic rings. The number of halogens is 3. The van der Waals surface area contributed by atoms with Crippen LogP contribution in [-0.4, -0.2) is 34.7 Å². The third kappa shape index (κ3) is 3.39. The monoisotopic (exact) mass is 273 g/mol. The van der Waals surface area contributed by atoms with E-state index in [9.17, 15) is 23.1 Å². The zero-order valence-corrected chi connectivity index (χ0v) is 10.4. The van der Waals surface area contributed by atoms with E-state index in [-0.39, 0.29) is 17.4 Å². The molecule has 0 radical (unpaired) electrons. The van der Waals surface area contributed by atoms with Gasteiger partial charge in [-0.05, 0) is 37.5 Å². The maximum Gasteiger partial charge on any atom is 0.406 e. The predicted octanol–water partition coefficient (Wildman–Crippen LogP) is 2.87. The molecule has 0 unspecified atom stereocenters. The molecule has 0 heterocycles. The number of hydrogen-bond donors (Lipinski definition) is 1. The summed E-state index contributed by atoms with van der Waals surface area (Å²) < 4.78 is 37.4. The molecule has 0 aromatic heterocycles. The van der Waals surface area contributed by atoms with Crippen molar-refractivity contribution in [2.75, 3.05) is 6.54 Å². The number of carbonyl (C=O) groups is 1. The molecular weight excluding hydrogens is 259 g/mol. The molecule has 1 aromatic rings. The highest BCUT2D eigenvalue weighted by Crippen LogP contribution is 2.32. The van der Waals surface area contributed by atoms with E-state index < -0.39 is 18.6 Å². The number of phenols is 1. The summed E-state index contributed by atoms with van der Waals surface area (Å²) in [5.74, 6) is -1.05. The van der Waals surface area contributed by atoms with Crippen LogP contribution in [0.2, 0.25) is 0 Å². The van der Waals surface area contributed by atoms with E-state index in [2.05, 4.69) is 0 Å². The molecule has 0 aliphatic heterocycles. The van der Waals surface area contributed by atoms with Crippen LogP contribution in [0.4, 0.5) is 13.2 Å². The minimum absolute atomic E-state index is 0.0817. The molecule has 0 bridgehead atoms. The predicted molar refractivity (Wildman–Crippen MR) is 63.0 cm³/mol. The van der Waals surface area contributed by atoms with Gasteiger partial charge in [0.1, 0.15) is 12.3 Å². The largest absolute Gasteiger partial charge is 0.507 e. The number of aryl methyl sites for hydroxylation is 1. The highest BCUT2D eigenvalue weighted by atomic mass is 19.4. The van der Waals surface area contributed by atoms with Crippen molar-refractivity contribution in [1.82, 2.24) is 4.90 Å². The van der Waals surface area contributed by atoms with E-state index in [0.29, 0.717) is 12.8 Å². The van der Waals surface area contributed by atoms with Gasteiger partial charge in [0.25, 0.3) is 5.91 Å². The molecule has 0 atom stereocenters. The summed E-state index contributed by atoms with van der Waals surface area (Å²) >= 11 is 0. The zero-order valence-electron chi connectivity index (χ0n) is 10.4. The van der Waals surface area contributed by atoms with Gasteiger partial charge in [0.05, 0.1) is 5.56 Å². The summed E-state index contributed by atoms with van der Waals surface area (Å²) in [4.78, 5) is 12.9. The number of carbonyl (C=O) groups excluding carboxylic acids is 1. The molecule has 1 aromatic carbocycles. The molecule has 1 aliphatic carbocycles. The Hall–Kier alpha value is -1.72. The SMILES string of the molecule is Cc1ccc(C(=O)N(CC(F)(F)F)C2CC2)c(O)c1. The number of hydrogen-bond acceptors (Lipinski definition) is 2. The lowest BCUT2D eigenvalue weighted by Crippen LogP contribution is -2.40. The summed E-state index contributed by atoms with van der Waals surface area (Å²) in [6, 6.07) is 3.95. The Morgan fingerprint density at radius 2 is 2.05 bits per heavy atom. The first kappa shape index (κ1) is 13.7. The van der Waals surface area contributed by atoms with Crippen LogP contribution in [0.1, 0.15) is 28.8 Å². The molecule has 1 amide bonds. The van der Waals surface area contributed by atoms with Gasteiger partial charge in [-0.1, -0.05) is 6.07 Å². The number of rotatable bonds is 3. The molecule has 3 nitrogen and oxygen atoms in total. The first-order valence-electron chi connectivity index (χ1n) is 5.95. The number of nitrogens with zero attached hydrogens (tertiary/aromatic N) is 1. The van der Waals surface area contributed by atoms with E-state index in [1.54, 1.807) is 13.0 Å². The van der Waals surface area contributed by atoms with Crippen molar-refractivity contribution in [3.8, 4) is 5.75 Å². The van der Waals surface area contributed by atoms with Gasteiger partial charge in [0.2, 0.25) is 0 Å². The van der Waals surface area contributed by atoms with Gasteiger partial charge in [-0.15, -0.1) is 0 Å². The van der Waals surface area contributed by atoms with Crippen LogP contribution < -0.4 is 0 Å². The van der Waals surface area contributed by atoms with Crippen LogP contribution in [-0.2, 0) is 0 Å². The lowest BCUT2D eigenvalue weighted by atomic mass is 10.1. The van der Waals surface area contributed by atoms with E-state index in [4.69, 9.17) is 0 Å². The lowest BCUT2D eigenvalue weighted by molar-refractivity contribution is -0.141. The van der Waals surface area contributed by atoms with Gasteiger partial charge in [0.15, 0.2) is 0 Å². The first-order valence-corrected chi connectivity index (χ1v) is 5.95. The molecule has 19 heavy (non-hydrogen) atoms. The minimum Gasteiger partial charge on any atom is -0.507 e. The number of phenolic OH excluding ortho intramolecular Hbond substituents is 1. The smallest absolute Gasteiger partial charge is 0.406 e. The van der Waals surface area contributed by atoms with E-state index >= 15 is 0 Å². The van der Waals surface area contributed by atoms with E-state index in [0.717, 1.165) is 10.5 Å². The Labute approximate surface area is 108 Å². The molecule has 6 heteroatoms. The molecule has 1 N–H and O–H groups in total. The minimum atomic E-state index is -4.43. The highest BCUT2D eigenvalue weighted by Gasteiger charge is 2.41. The van der Waals surface area contributed by atoms with Crippen LogP contribution in [0.15, 0.2) is 18.2 Å². The van der Waals surface area contributed by atoms with Crippen LogP contribution in [0.25, 0.3) is 0 Å². The topological polar surface area (TPSA) is 40.5 Å². The second-order valence-electron chi connectivity index (χ2n) is 4.80. The molecule has 0 saturated heterocycles. The van der Waals surface area contributed by atoms with Gasteiger partial charge in [-0.2, -0.15) is 13.2 Å². The molecule has 1 fully saturated rings. The fourth-order valence-electron chi connectivity index (χ4n) is 1.92. The Bertz CT molecular complexity index is 495. The number of benzene rings is 1. The molecular formula is C13H14F3NO2. The summed E-state index contributed by atoms with van der Waals surface area (Å²) in [5, 5.41) is 9.68. The van der Waals surface area contributed by atoms with Gasteiger partial charge in [0, 0.05) is 6.04 Å². The van der Waals surface area contributed by atoms with Gasteiger partial charge >= 0.3 is 6.18 Å². The fourth-order valence-corrected chi connectivity index (χ4v) is 1.92. The Morgan fingerprint density at radius 1 is 1.42 bits per heavy atom.